The van der Waals surface area contributed by atoms with Crippen LogP contribution in [0, 0.1) is 5.82 Å². The Hall–Kier alpha value is -3.66. The predicted octanol–water partition coefficient (Wildman–Crippen LogP) is 1.96. The molecule has 1 aliphatic rings. The molecule has 1 amide bonds. The van der Waals surface area contributed by atoms with Gasteiger partial charge in [-0.2, -0.15) is 0 Å². The van der Waals surface area contributed by atoms with Gasteiger partial charge in [-0.3, -0.25) is 9.69 Å². The molecular formula is C22H25FN2O7. The fourth-order valence-corrected chi connectivity index (χ4v) is 3.18. The molecule has 1 aliphatic heterocycles. The number of hydrogen-bond acceptors (Lipinski definition) is 6. The van der Waals surface area contributed by atoms with Crippen LogP contribution in [0.1, 0.15) is 15.9 Å². The van der Waals surface area contributed by atoms with Crippen molar-refractivity contribution < 1.29 is 38.5 Å². The topological polar surface area (TPSA) is 117 Å². The molecule has 9 nitrogen and oxygen atoms in total. The van der Waals surface area contributed by atoms with Gasteiger partial charge in [-0.05, 0) is 29.8 Å². The monoisotopic (exact) mass is 448 g/mol. The summed E-state index contributed by atoms with van der Waals surface area (Å²) in [5.74, 6) is -2.91. The first-order valence-corrected chi connectivity index (χ1v) is 9.70. The van der Waals surface area contributed by atoms with Crippen LogP contribution in [-0.2, 0) is 16.1 Å². The van der Waals surface area contributed by atoms with Gasteiger partial charge in [0.25, 0.3) is 5.91 Å². The molecule has 0 radical (unpaired) electrons. The maximum absolute atomic E-state index is 13.0. The van der Waals surface area contributed by atoms with Crippen LogP contribution in [0.2, 0.25) is 0 Å². The number of hydrogen-bond donors (Lipinski definition) is 2. The van der Waals surface area contributed by atoms with E-state index in [9.17, 15) is 9.18 Å². The number of para-hydroxylation sites is 1. The molecule has 0 aliphatic carbocycles. The molecule has 0 saturated carbocycles. The third kappa shape index (κ3) is 6.67. The summed E-state index contributed by atoms with van der Waals surface area (Å²) in [4.78, 5) is 35.2. The van der Waals surface area contributed by atoms with Gasteiger partial charge in [0.15, 0.2) is 11.5 Å². The summed E-state index contributed by atoms with van der Waals surface area (Å²) in [5, 5.41) is 14.8. The van der Waals surface area contributed by atoms with Gasteiger partial charge in [0.05, 0.1) is 19.8 Å². The molecule has 2 aromatic carbocycles. The number of nitrogens with zero attached hydrogens (tertiary/aromatic N) is 2. The Morgan fingerprint density at radius 3 is 2.00 bits per heavy atom. The first kappa shape index (κ1) is 24.6. The van der Waals surface area contributed by atoms with Crippen molar-refractivity contribution in [3.05, 3.63) is 59.4 Å². The molecule has 0 bridgehead atoms. The number of methoxy groups -OCH3 is 2. The zero-order valence-electron chi connectivity index (χ0n) is 17.8. The third-order valence-corrected chi connectivity index (χ3v) is 4.80. The third-order valence-electron chi connectivity index (χ3n) is 4.80. The van der Waals surface area contributed by atoms with E-state index in [1.165, 1.54) is 19.2 Å². The van der Waals surface area contributed by atoms with Crippen LogP contribution in [-0.4, -0.2) is 78.3 Å². The van der Waals surface area contributed by atoms with E-state index in [0.29, 0.717) is 30.2 Å². The maximum atomic E-state index is 13.0. The normalized spacial score (nSPS) is 13.5. The van der Waals surface area contributed by atoms with Gasteiger partial charge < -0.3 is 24.6 Å². The minimum atomic E-state index is -1.82. The predicted molar refractivity (Wildman–Crippen MR) is 112 cm³/mol. The number of aliphatic carboxylic acids is 2. The summed E-state index contributed by atoms with van der Waals surface area (Å²) in [7, 11) is 3.09. The molecule has 1 fully saturated rings. The lowest BCUT2D eigenvalue weighted by molar-refractivity contribution is -0.159. The Morgan fingerprint density at radius 1 is 0.906 bits per heavy atom. The van der Waals surface area contributed by atoms with E-state index in [1.54, 1.807) is 37.4 Å². The van der Waals surface area contributed by atoms with Gasteiger partial charge in [-0.1, -0.05) is 18.2 Å². The van der Waals surface area contributed by atoms with Crippen LogP contribution in [0.25, 0.3) is 0 Å². The van der Waals surface area contributed by atoms with Crippen molar-refractivity contribution in [2.45, 2.75) is 6.54 Å². The van der Waals surface area contributed by atoms with Crippen LogP contribution in [0.3, 0.4) is 0 Å². The number of ether oxygens (including phenoxy) is 2. The number of piperazine rings is 1. The molecule has 1 saturated heterocycles. The first-order chi connectivity index (χ1) is 15.3. The molecule has 0 unspecified atom stereocenters. The molecule has 3 rings (SSSR count). The van der Waals surface area contributed by atoms with Gasteiger partial charge in [0.1, 0.15) is 5.82 Å². The Balaban J connectivity index is 0.000000534. The molecule has 0 aromatic heterocycles. The highest BCUT2D eigenvalue weighted by molar-refractivity contribution is 6.27. The lowest BCUT2D eigenvalue weighted by Crippen LogP contribution is -2.48. The van der Waals surface area contributed by atoms with Gasteiger partial charge in [-0.25, -0.2) is 14.0 Å². The lowest BCUT2D eigenvalue weighted by atomic mass is 10.1. The number of carbonyl (C=O) groups is 3. The summed E-state index contributed by atoms with van der Waals surface area (Å²) in [6.45, 7) is 3.58. The first-order valence-electron chi connectivity index (χ1n) is 9.70. The van der Waals surface area contributed by atoms with Crippen molar-refractivity contribution in [1.29, 1.82) is 0 Å². The van der Waals surface area contributed by atoms with Crippen molar-refractivity contribution in [3.8, 4) is 11.5 Å². The molecular weight excluding hydrogens is 423 g/mol. The van der Waals surface area contributed by atoms with Gasteiger partial charge in [-0.15, -0.1) is 0 Å². The Kier molecular flexibility index (Phi) is 8.96. The summed E-state index contributed by atoms with van der Waals surface area (Å²) in [5.41, 5.74) is 1.58. The van der Waals surface area contributed by atoms with E-state index in [4.69, 9.17) is 29.3 Å². The van der Waals surface area contributed by atoms with E-state index < -0.39 is 11.9 Å². The zero-order valence-corrected chi connectivity index (χ0v) is 17.8. The molecule has 0 spiro atoms. The second kappa shape index (κ2) is 11.7. The van der Waals surface area contributed by atoms with Crippen molar-refractivity contribution >= 4 is 17.8 Å². The standard InChI is InChI=1S/C20H23FN2O3.C2H2O4/c1-25-18-5-3-4-17(19(18)26-2)20(24)23-12-10-22(11-13-23)14-15-6-8-16(21)9-7-15;3-1(4)2(5)6/h3-9H,10-14H2,1-2H3;(H,3,4)(H,5,6). The maximum Gasteiger partial charge on any atom is 0.414 e. The highest BCUT2D eigenvalue weighted by Crippen LogP contribution is 2.31. The summed E-state index contributed by atoms with van der Waals surface area (Å²) in [6.07, 6.45) is 0. The largest absolute Gasteiger partial charge is 0.493 e. The van der Waals surface area contributed by atoms with Crippen LogP contribution >= 0.6 is 0 Å². The molecule has 172 valence electrons. The molecule has 1 heterocycles. The zero-order chi connectivity index (χ0) is 23.7. The summed E-state index contributed by atoms with van der Waals surface area (Å²) < 4.78 is 23.7. The summed E-state index contributed by atoms with van der Waals surface area (Å²) in [6, 6.07) is 11.9. The number of halogens is 1. The number of carboxylic acid groups (broad SMARTS) is 2. The van der Waals surface area contributed by atoms with E-state index in [1.807, 2.05) is 4.90 Å². The van der Waals surface area contributed by atoms with E-state index in [-0.39, 0.29) is 11.7 Å². The average Bonchev–Trinajstić information content (AvgIpc) is 2.80. The quantitative estimate of drug-likeness (QED) is 0.667. The number of carbonyl (C=O) groups excluding carboxylic acids is 1. The van der Waals surface area contributed by atoms with Crippen molar-refractivity contribution in [2.75, 3.05) is 40.4 Å². The highest BCUT2D eigenvalue weighted by Gasteiger charge is 2.25. The van der Waals surface area contributed by atoms with Crippen molar-refractivity contribution in [3.63, 3.8) is 0 Å². The fraction of sp³-hybridized carbons (Fsp3) is 0.318. The van der Waals surface area contributed by atoms with Crippen molar-refractivity contribution in [1.82, 2.24) is 9.80 Å². The van der Waals surface area contributed by atoms with Crippen LogP contribution in [0.4, 0.5) is 4.39 Å². The number of benzene rings is 2. The van der Waals surface area contributed by atoms with Crippen LogP contribution < -0.4 is 9.47 Å². The summed E-state index contributed by atoms with van der Waals surface area (Å²) >= 11 is 0. The van der Waals surface area contributed by atoms with Crippen molar-refractivity contribution in [2.24, 2.45) is 0 Å². The number of carboxylic acids is 2. The Morgan fingerprint density at radius 2 is 1.50 bits per heavy atom. The smallest absolute Gasteiger partial charge is 0.414 e. The highest BCUT2D eigenvalue weighted by atomic mass is 19.1. The molecule has 2 N–H and O–H groups in total. The number of amides is 1. The minimum absolute atomic E-state index is 0.0535. The SMILES string of the molecule is COc1cccc(C(=O)N2CCN(Cc3ccc(F)cc3)CC2)c1OC.O=C(O)C(=O)O. The second-order valence-electron chi connectivity index (χ2n) is 6.85. The van der Waals surface area contributed by atoms with Crippen LogP contribution in [0.5, 0.6) is 11.5 Å². The fourth-order valence-electron chi connectivity index (χ4n) is 3.18. The Bertz CT molecular complexity index is 930. The lowest BCUT2D eigenvalue weighted by Gasteiger charge is -2.35. The molecule has 32 heavy (non-hydrogen) atoms. The van der Waals surface area contributed by atoms with Crippen LogP contribution in [0.15, 0.2) is 42.5 Å². The molecule has 2 aromatic rings. The van der Waals surface area contributed by atoms with Gasteiger partial charge >= 0.3 is 11.9 Å². The van der Waals surface area contributed by atoms with E-state index in [0.717, 1.165) is 25.2 Å². The van der Waals surface area contributed by atoms with Gasteiger partial charge in [0.2, 0.25) is 0 Å². The second-order valence-corrected chi connectivity index (χ2v) is 6.85. The van der Waals surface area contributed by atoms with Gasteiger partial charge in [0, 0.05) is 32.7 Å². The molecule has 10 heteroatoms. The Labute approximate surface area is 184 Å². The van der Waals surface area contributed by atoms with E-state index >= 15 is 0 Å². The molecule has 0 atom stereocenters. The van der Waals surface area contributed by atoms with E-state index in [2.05, 4.69) is 4.90 Å². The number of rotatable bonds is 5. The average molecular weight is 448 g/mol. The minimum Gasteiger partial charge on any atom is -0.493 e.